The van der Waals surface area contributed by atoms with Gasteiger partial charge in [0.15, 0.2) is 0 Å². The van der Waals surface area contributed by atoms with Gasteiger partial charge in [-0.2, -0.15) is 0 Å². The second kappa shape index (κ2) is 4.04. The van der Waals surface area contributed by atoms with Crippen molar-refractivity contribution in [3.05, 3.63) is 27.7 Å². The van der Waals surface area contributed by atoms with E-state index in [4.69, 9.17) is 10.5 Å². The third kappa shape index (κ3) is 1.66. The maximum absolute atomic E-state index is 6.14. The minimum atomic E-state index is 0.138. The zero-order valence-electron chi connectivity index (χ0n) is 10.0. The SMILES string of the molecule is COc1ccc(Br)c(C)c1C1(C(C)N)CC1. The quantitative estimate of drug-likeness (QED) is 0.925. The molecule has 1 aromatic carbocycles. The molecule has 1 aliphatic rings. The molecule has 0 spiro atoms. The Hall–Kier alpha value is -0.540. The number of rotatable bonds is 3. The lowest BCUT2D eigenvalue weighted by Crippen LogP contribution is -2.32. The second-order valence-electron chi connectivity index (χ2n) is 4.69. The Labute approximate surface area is 105 Å². The summed E-state index contributed by atoms with van der Waals surface area (Å²) < 4.78 is 6.62. The number of benzene rings is 1. The molecule has 88 valence electrons. The molecular weight excluding hydrogens is 266 g/mol. The lowest BCUT2D eigenvalue weighted by molar-refractivity contribution is 0.397. The molecule has 0 aromatic heterocycles. The largest absolute Gasteiger partial charge is 0.496 e. The first-order chi connectivity index (χ1) is 7.53. The van der Waals surface area contributed by atoms with E-state index in [0.29, 0.717) is 0 Å². The van der Waals surface area contributed by atoms with Crippen LogP contribution in [0.15, 0.2) is 16.6 Å². The Morgan fingerprint density at radius 1 is 1.44 bits per heavy atom. The van der Waals surface area contributed by atoms with E-state index in [9.17, 15) is 0 Å². The third-order valence-electron chi connectivity index (χ3n) is 3.74. The smallest absolute Gasteiger partial charge is 0.123 e. The highest BCUT2D eigenvalue weighted by molar-refractivity contribution is 9.10. The summed E-state index contributed by atoms with van der Waals surface area (Å²) in [7, 11) is 1.73. The van der Waals surface area contributed by atoms with Gasteiger partial charge in [0, 0.05) is 21.5 Å². The highest BCUT2D eigenvalue weighted by Crippen LogP contribution is 2.55. The number of methoxy groups -OCH3 is 1. The van der Waals surface area contributed by atoms with E-state index in [0.717, 1.165) is 10.2 Å². The molecule has 2 N–H and O–H groups in total. The normalized spacial score (nSPS) is 19.3. The molecule has 0 bridgehead atoms. The van der Waals surface area contributed by atoms with Crippen molar-refractivity contribution >= 4 is 15.9 Å². The van der Waals surface area contributed by atoms with Crippen molar-refractivity contribution in [1.29, 1.82) is 0 Å². The van der Waals surface area contributed by atoms with Gasteiger partial charge in [-0.1, -0.05) is 15.9 Å². The molecule has 1 aromatic rings. The Balaban J connectivity index is 2.58. The Morgan fingerprint density at radius 3 is 2.50 bits per heavy atom. The fourth-order valence-corrected chi connectivity index (χ4v) is 2.85. The van der Waals surface area contributed by atoms with Crippen molar-refractivity contribution < 1.29 is 4.74 Å². The molecular formula is C13H18BrNO. The van der Waals surface area contributed by atoms with Crippen molar-refractivity contribution in [2.75, 3.05) is 7.11 Å². The topological polar surface area (TPSA) is 35.2 Å². The van der Waals surface area contributed by atoms with Crippen LogP contribution < -0.4 is 10.5 Å². The van der Waals surface area contributed by atoms with Crippen LogP contribution in [-0.4, -0.2) is 13.2 Å². The summed E-state index contributed by atoms with van der Waals surface area (Å²) in [5.74, 6) is 0.968. The molecule has 0 aliphatic heterocycles. The zero-order valence-corrected chi connectivity index (χ0v) is 11.6. The van der Waals surface area contributed by atoms with Crippen molar-refractivity contribution in [2.45, 2.75) is 38.1 Å². The highest BCUT2D eigenvalue weighted by Gasteiger charge is 2.50. The van der Waals surface area contributed by atoms with Gasteiger partial charge < -0.3 is 10.5 Å². The van der Waals surface area contributed by atoms with Crippen LogP contribution in [-0.2, 0) is 5.41 Å². The van der Waals surface area contributed by atoms with Gasteiger partial charge in [-0.15, -0.1) is 0 Å². The lowest BCUT2D eigenvalue weighted by atomic mass is 9.86. The van der Waals surface area contributed by atoms with Crippen LogP contribution >= 0.6 is 15.9 Å². The maximum atomic E-state index is 6.14. The fraction of sp³-hybridized carbons (Fsp3) is 0.538. The summed E-state index contributed by atoms with van der Waals surface area (Å²) >= 11 is 3.58. The van der Waals surface area contributed by atoms with Crippen molar-refractivity contribution in [3.63, 3.8) is 0 Å². The van der Waals surface area contributed by atoms with Crippen LogP contribution in [0.5, 0.6) is 5.75 Å². The first-order valence-electron chi connectivity index (χ1n) is 5.62. The Bertz CT molecular complexity index is 411. The van der Waals surface area contributed by atoms with Crippen LogP contribution in [0.4, 0.5) is 0 Å². The predicted octanol–water partition coefficient (Wildman–Crippen LogP) is 3.14. The number of hydrogen-bond donors (Lipinski definition) is 1. The predicted molar refractivity (Wildman–Crippen MR) is 70.0 cm³/mol. The van der Waals surface area contributed by atoms with Crippen molar-refractivity contribution in [1.82, 2.24) is 0 Å². The van der Waals surface area contributed by atoms with E-state index in [2.05, 4.69) is 29.8 Å². The van der Waals surface area contributed by atoms with Crippen LogP contribution in [0.1, 0.15) is 30.9 Å². The zero-order chi connectivity index (χ0) is 11.9. The lowest BCUT2D eigenvalue weighted by Gasteiger charge is -2.25. The van der Waals surface area contributed by atoms with Gasteiger partial charge in [-0.25, -0.2) is 0 Å². The van der Waals surface area contributed by atoms with Crippen LogP contribution in [0, 0.1) is 6.92 Å². The van der Waals surface area contributed by atoms with Crippen LogP contribution in [0.2, 0.25) is 0 Å². The summed E-state index contributed by atoms with van der Waals surface area (Å²) in [6.45, 7) is 4.22. The first kappa shape index (κ1) is 11.9. The molecule has 2 nitrogen and oxygen atoms in total. The van der Waals surface area contributed by atoms with Crippen molar-refractivity contribution in [3.8, 4) is 5.75 Å². The summed E-state index contributed by atoms with van der Waals surface area (Å²) in [5.41, 5.74) is 8.82. The molecule has 1 unspecified atom stereocenters. The number of hydrogen-bond acceptors (Lipinski definition) is 2. The second-order valence-corrected chi connectivity index (χ2v) is 5.55. The number of halogens is 1. The summed E-state index contributed by atoms with van der Waals surface area (Å²) in [4.78, 5) is 0. The standard InChI is InChI=1S/C13H18BrNO/c1-8-10(14)4-5-11(16-3)12(8)13(6-7-13)9(2)15/h4-5,9H,6-7,15H2,1-3H3. The molecule has 1 saturated carbocycles. The summed E-state index contributed by atoms with van der Waals surface area (Å²) in [6.07, 6.45) is 2.33. The molecule has 0 saturated heterocycles. The van der Waals surface area contributed by atoms with Gasteiger partial charge in [0.1, 0.15) is 5.75 Å². The van der Waals surface area contributed by atoms with Gasteiger partial charge in [-0.05, 0) is 44.4 Å². The number of nitrogens with two attached hydrogens (primary N) is 1. The monoisotopic (exact) mass is 283 g/mol. The van der Waals surface area contributed by atoms with Crippen LogP contribution in [0.25, 0.3) is 0 Å². The van der Waals surface area contributed by atoms with E-state index in [1.54, 1.807) is 7.11 Å². The fourth-order valence-electron chi connectivity index (χ4n) is 2.52. The van der Waals surface area contributed by atoms with Crippen molar-refractivity contribution in [2.24, 2.45) is 5.73 Å². The van der Waals surface area contributed by atoms with Gasteiger partial charge in [-0.3, -0.25) is 0 Å². The first-order valence-corrected chi connectivity index (χ1v) is 6.41. The minimum absolute atomic E-state index is 0.138. The Kier molecular flexibility index (Phi) is 3.01. The maximum Gasteiger partial charge on any atom is 0.123 e. The van der Waals surface area contributed by atoms with E-state index in [-0.39, 0.29) is 11.5 Å². The molecule has 3 heteroatoms. The number of ether oxygens (including phenoxy) is 1. The molecule has 2 rings (SSSR count). The molecule has 16 heavy (non-hydrogen) atoms. The van der Waals surface area contributed by atoms with Gasteiger partial charge in [0.25, 0.3) is 0 Å². The van der Waals surface area contributed by atoms with E-state index >= 15 is 0 Å². The third-order valence-corrected chi connectivity index (χ3v) is 4.60. The van der Waals surface area contributed by atoms with E-state index in [1.807, 2.05) is 12.1 Å². The average Bonchev–Trinajstić information content (AvgIpc) is 3.03. The highest BCUT2D eigenvalue weighted by atomic mass is 79.9. The summed E-state index contributed by atoms with van der Waals surface area (Å²) in [5, 5.41) is 0. The Morgan fingerprint density at radius 2 is 2.06 bits per heavy atom. The molecule has 1 aliphatic carbocycles. The van der Waals surface area contributed by atoms with E-state index < -0.39 is 0 Å². The van der Waals surface area contributed by atoms with Gasteiger partial charge in [0.2, 0.25) is 0 Å². The average molecular weight is 284 g/mol. The summed E-state index contributed by atoms with van der Waals surface area (Å²) in [6, 6.07) is 4.23. The van der Waals surface area contributed by atoms with Gasteiger partial charge in [0.05, 0.1) is 7.11 Å². The molecule has 0 radical (unpaired) electrons. The molecule has 1 atom stereocenters. The molecule has 0 amide bonds. The van der Waals surface area contributed by atoms with Crippen LogP contribution in [0.3, 0.4) is 0 Å². The van der Waals surface area contributed by atoms with Gasteiger partial charge >= 0.3 is 0 Å². The minimum Gasteiger partial charge on any atom is -0.496 e. The van der Waals surface area contributed by atoms with E-state index in [1.165, 1.54) is 24.0 Å². The molecule has 1 fully saturated rings. The molecule has 0 heterocycles.